The molecular weight excluding hydrogens is 260 g/mol. The number of furan rings is 1. The lowest BCUT2D eigenvalue weighted by atomic mass is 9.99. The van der Waals surface area contributed by atoms with Crippen LogP contribution >= 0.6 is 0 Å². The molecule has 0 aliphatic heterocycles. The summed E-state index contributed by atoms with van der Waals surface area (Å²) in [5, 5.41) is 18.3. The zero-order valence-corrected chi connectivity index (χ0v) is 12.0. The van der Waals surface area contributed by atoms with Gasteiger partial charge in [0.05, 0.1) is 11.1 Å². The number of aryl methyl sites for hydroxylation is 2. The fraction of sp³-hybridized carbons (Fsp3) is 0.333. The van der Waals surface area contributed by atoms with Crippen molar-refractivity contribution in [1.82, 2.24) is 0 Å². The number of carboxylic acids is 2. The summed E-state index contributed by atoms with van der Waals surface area (Å²) in [5.74, 6) is -1.04. The van der Waals surface area contributed by atoms with E-state index in [9.17, 15) is 14.7 Å². The lowest BCUT2D eigenvalue weighted by Crippen LogP contribution is -2.13. The first kappa shape index (κ1) is 15.8. The summed E-state index contributed by atoms with van der Waals surface area (Å²) in [7, 11) is 0. The molecule has 0 spiro atoms. The molecule has 0 fully saturated rings. The summed E-state index contributed by atoms with van der Waals surface area (Å²) < 4.78 is 5.36. The van der Waals surface area contributed by atoms with E-state index in [0.29, 0.717) is 17.8 Å². The molecule has 2 N–H and O–H groups in total. The Hall–Kier alpha value is -2.30. The third-order valence-electron chi connectivity index (χ3n) is 2.88. The highest BCUT2D eigenvalue weighted by Crippen LogP contribution is 2.19. The van der Waals surface area contributed by atoms with E-state index in [2.05, 4.69) is 0 Å². The van der Waals surface area contributed by atoms with Gasteiger partial charge < -0.3 is 14.6 Å². The predicted octanol–water partition coefficient (Wildman–Crippen LogP) is 2.87. The molecule has 1 heterocycles. The topological polar surface area (TPSA) is 87.7 Å². The highest BCUT2D eigenvalue weighted by atomic mass is 16.4. The lowest BCUT2D eigenvalue weighted by molar-refractivity contribution is -0.136. The summed E-state index contributed by atoms with van der Waals surface area (Å²) in [6.45, 7) is 6.74. The Labute approximate surface area is 117 Å². The first-order valence-corrected chi connectivity index (χ1v) is 6.14. The van der Waals surface area contributed by atoms with E-state index in [1.807, 2.05) is 6.07 Å². The van der Waals surface area contributed by atoms with Gasteiger partial charge in [0.25, 0.3) is 0 Å². The molecule has 108 valence electrons. The van der Waals surface area contributed by atoms with Gasteiger partial charge in [0.15, 0.2) is 0 Å². The fourth-order valence-electron chi connectivity index (χ4n) is 1.99. The van der Waals surface area contributed by atoms with Crippen molar-refractivity contribution in [2.45, 2.75) is 34.1 Å². The standard InChI is InChI=1S/C15H18O5/c1-8(2)13(15(18)19)12(14(16)17)6-5-11-7-9(3)20-10(11)4/h6-7H,5H2,1-4H3,(H,16,17)(H,18,19)/b12-6+. The molecule has 0 unspecified atom stereocenters. The summed E-state index contributed by atoms with van der Waals surface area (Å²) in [6.07, 6.45) is 1.73. The Morgan fingerprint density at radius 2 is 1.80 bits per heavy atom. The van der Waals surface area contributed by atoms with Gasteiger partial charge >= 0.3 is 11.9 Å². The van der Waals surface area contributed by atoms with Crippen molar-refractivity contribution in [2.24, 2.45) is 0 Å². The molecule has 0 aromatic carbocycles. The van der Waals surface area contributed by atoms with Gasteiger partial charge in [-0.3, -0.25) is 0 Å². The van der Waals surface area contributed by atoms with Crippen LogP contribution in [0.2, 0.25) is 0 Å². The number of aliphatic carboxylic acids is 2. The smallest absolute Gasteiger partial charge is 0.336 e. The summed E-state index contributed by atoms with van der Waals surface area (Å²) in [4.78, 5) is 22.5. The molecule has 20 heavy (non-hydrogen) atoms. The number of carbonyl (C=O) groups is 2. The Kier molecular flexibility index (Phi) is 4.91. The molecule has 5 nitrogen and oxygen atoms in total. The highest BCUT2D eigenvalue weighted by Gasteiger charge is 2.21. The molecule has 0 bridgehead atoms. The quantitative estimate of drug-likeness (QED) is 0.638. The van der Waals surface area contributed by atoms with Gasteiger partial charge in [-0.2, -0.15) is 0 Å². The second kappa shape index (κ2) is 6.23. The molecule has 0 saturated heterocycles. The van der Waals surface area contributed by atoms with Gasteiger partial charge in [-0.15, -0.1) is 0 Å². The van der Waals surface area contributed by atoms with E-state index >= 15 is 0 Å². The van der Waals surface area contributed by atoms with Crippen molar-refractivity contribution >= 4 is 11.9 Å². The van der Waals surface area contributed by atoms with Crippen LogP contribution in [0.5, 0.6) is 0 Å². The maximum atomic E-state index is 11.3. The van der Waals surface area contributed by atoms with Crippen LogP contribution in [0.15, 0.2) is 33.3 Å². The fourth-order valence-corrected chi connectivity index (χ4v) is 1.99. The number of allylic oxidation sites excluding steroid dienone is 2. The minimum Gasteiger partial charge on any atom is -0.478 e. The van der Waals surface area contributed by atoms with Crippen LogP contribution in [0, 0.1) is 13.8 Å². The molecular formula is C15H18O5. The predicted molar refractivity (Wildman–Crippen MR) is 73.6 cm³/mol. The van der Waals surface area contributed by atoms with Crippen molar-refractivity contribution in [3.63, 3.8) is 0 Å². The van der Waals surface area contributed by atoms with E-state index < -0.39 is 11.9 Å². The normalized spacial score (nSPS) is 11.3. The summed E-state index contributed by atoms with van der Waals surface area (Å²) >= 11 is 0. The van der Waals surface area contributed by atoms with Crippen molar-refractivity contribution < 1.29 is 24.2 Å². The molecule has 0 radical (unpaired) electrons. The van der Waals surface area contributed by atoms with Crippen molar-refractivity contribution in [2.75, 3.05) is 0 Å². The van der Waals surface area contributed by atoms with Gasteiger partial charge in [0, 0.05) is 0 Å². The van der Waals surface area contributed by atoms with Crippen molar-refractivity contribution in [1.29, 1.82) is 0 Å². The number of carboxylic acid groups (broad SMARTS) is 2. The van der Waals surface area contributed by atoms with E-state index in [-0.39, 0.29) is 11.1 Å². The molecule has 0 atom stereocenters. The third kappa shape index (κ3) is 3.60. The summed E-state index contributed by atoms with van der Waals surface area (Å²) in [5.41, 5.74) is 0.928. The van der Waals surface area contributed by atoms with Gasteiger partial charge in [0.1, 0.15) is 11.5 Å². The second-order valence-electron chi connectivity index (χ2n) is 4.75. The molecule has 5 heteroatoms. The largest absolute Gasteiger partial charge is 0.478 e. The van der Waals surface area contributed by atoms with Crippen LogP contribution in [0.3, 0.4) is 0 Å². The molecule has 0 saturated carbocycles. The highest BCUT2D eigenvalue weighted by molar-refractivity contribution is 6.06. The number of hydrogen-bond acceptors (Lipinski definition) is 3. The molecule has 0 amide bonds. The average Bonchev–Trinajstić information content (AvgIpc) is 2.61. The molecule has 1 aromatic heterocycles. The van der Waals surface area contributed by atoms with Gasteiger partial charge in [-0.05, 0) is 45.7 Å². The van der Waals surface area contributed by atoms with Crippen LogP contribution in [0.25, 0.3) is 0 Å². The molecule has 1 rings (SSSR count). The molecule has 1 aromatic rings. The average molecular weight is 278 g/mol. The SMILES string of the molecule is CC(C)=C(C(=O)O)/C(=C\Cc1cc(C)oc1C)C(=O)O. The first-order chi connectivity index (χ1) is 9.23. The maximum Gasteiger partial charge on any atom is 0.336 e. The zero-order valence-electron chi connectivity index (χ0n) is 12.0. The van der Waals surface area contributed by atoms with Gasteiger partial charge in [-0.25, -0.2) is 9.59 Å². The third-order valence-corrected chi connectivity index (χ3v) is 2.88. The Bertz CT molecular complexity index is 598. The van der Waals surface area contributed by atoms with E-state index in [1.165, 1.54) is 6.08 Å². The zero-order chi connectivity index (χ0) is 15.4. The van der Waals surface area contributed by atoms with Gasteiger partial charge in [-0.1, -0.05) is 11.6 Å². The second-order valence-corrected chi connectivity index (χ2v) is 4.75. The Balaban J connectivity index is 3.18. The van der Waals surface area contributed by atoms with E-state index in [4.69, 9.17) is 9.52 Å². The lowest BCUT2D eigenvalue weighted by Gasteiger charge is -2.06. The maximum absolute atomic E-state index is 11.3. The monoisotopic (exact) mass is 278 g/mol. The molecule has 0 aliphatic carbocycles. The van der Waals surface area contributed by atoms with Crippen molar-refractivity contribution in [3.05, 3.63) is 45.9 Å². The van der Waals surface area contributed by atoms with E-state index in [0.717, 1.165) is 11.3 Å². The van der Waals surface area contributed by atoms with Gasteiger partial charge in [0.2, 0.25) is 0 Å². The number of rotatable bonds is 5. The Morgan fingerprint density at radius 3 is 2.15 bits per heavy atom. The van der Waals surface area contributed by atoms with Crippen molar-refractivity contribution in [3.8, 4) is 0 Å². The van der Waals surface area contributed by atoms with Crippen LogP contribution in [-0.2, 0) is 16.0 Å². The Morgan fingerprint density at radius 1 is 1.20 bits per heavy atom. The summed E-state index contributed by atoms with van der Waals surface area (Å²) in [6, 6.07) is 1.81. The van der Waals surface area contributed by atoms with Crippen LogP contribution in [0.4, 0.5) is 0 Å². The first-order valence-electron chi connectivity index (χ1n) is 6.14. The van der Waals surface area contributed by atoms with Crippen LogP contribution in [0.1, 0.15) is 30.9 Å². The van der Waals surface area contributed by atoms with Crippen LogP contribution < -0.4 is 0 Å². The molecule has 0 aliphatic rings. The van der Waals surface area contributed by atoms with E-state index in [1.54, 1.807) is 27.7 Å². The minimum absolute atomic E-state index is 0.171. The minimum atomic E-state index is -1.25. The van der Waals surface area contributed by atoms with Crippen LogP contribution in [-0.4, -0.2) is 22.2 Å². The number of hydrogen-bond donors (Lipinski definition) is 2.